The third-order valence-electron chi connectivity index (χ3n) is 0.235. The van der Waals surface area contributed by atoms with Crippen molar-refractivity contribution in [1.82, 2.24) is 0 Å². The van der Waals surface area contributed by atoms with Gasteiger partial charge in [-0.2, -0.15) is 0 Å². The molecule has 0 aromatic rings. The highest BCUT2D eigenvalue weighted by Crippen LogP contribution is 1.85. The molecule has 6 heavy (non-hydrogen) atoms. The topological polar surface area (TPSA) is 9.23 Å². The Balaban J connectivity index is 3.05. The van der Waals surface area contributed by atoms with Crippen LogP contribution >= 0.6 is 0 Å². The van der Waals surface area contributed by atoms with Crippen molar-refractivity contribution in [2.45, 2.75) is 0 Å². The van der Waals surface area contributed by atoms with Crippen molar-refractivity contribution >= 4 is 0 Å². The third-order valence-corrected chi connectivity index (χ3v) is 0.235. The fourth-order valence-corrected chi connectivity index (χ4v) is 0.107. The van der Waals surface area contributed by atoms with Crippen LogP contribution in [0.5, 0.6) is 0 Å². The molecule has 0 saturated carbocycles. The molecule has 0 aromatic carbocycles. The maximum atomic E-state index is 4.92. The molecule has 0 bridgehead atoms. The normalized spacial score (nSPS) is 6.83. The zero-order valence-electron chi connectivity index (χ0n) is 3.48. The lowest BCUT2D eigenvalue weighted by atomic mass is 10.7. The van der Waals surface area contributed by atoms with Crippen molar-refractivity contribution in [2.24, 2.45) is 0 Å². The van der Waals surface area contributed by atoms with Crippen LogP contribution in [0.25, 0.3) is 0 Å². The van der Waals surface area contributed by atoms with Gasteiger partial charge in [0.2, 0.25) is 0 Å². The molecule has 0 N–H and O–H groups in total. The van der Waals surface area contributed by atoms with Crippen LogP contribution in [0, 0.1) is 6.92 Å². The molecule has 0 spiro atoms. The molecule has 0 amide bonds. The summed E-state index contributed by atoms with van der Waals surface area (Å²) in [5.41, 5.74) is 0. The van der Waals surface area contributed by atoms with Gasteiger partial charge in [-0.25, -0.2) is 0 Å². The molecule has 1 heteroatoms. The molecule has 0 atom stereocenters. The predicted molar refractivity (Wildman–Crippen MR) is 24.7 cm³/mol. The van der Waals surface area contributed by atoms with Crippen molar-refractivity contribution in [3.63, 3.8) is 0 Å². The molecular weight excluding hydrogens is 76.1 g/mol. The average molecular weight is 82.1 g/mol. The zero-order chi connectivity index (χ0) is 4.99. The predicted octanol–water partition coefficient (Wildman–Crippen LogP) is 1.37. The molecule has 0 heterocycles. The van der Waals surface area contributed by atoms with E-state index in [9.17, 15) is 0 Å². The highest BCUT2D eigenvalue weighted by Gasteiger charge is 1.70. The van der Waals surface area contributed by atoms with Gasteiger partial charge in [0.25, 0.3) is 0 Å². The summed E-state index contributed by atoms with van der Waals surface area (Å²) in [6.07, 6.45) is 1.22. The fourth-order valence-electron chi connectivity index (χ4n) is 0.107. The maximum absolute atomic E-state index is 4.92. The van der Waals surface area contributed by atoms with E-state index in [1.807, 2.05) is 0 Å². The Morgan fingerprint density at radius 1 is 1.83 bits per heavy atom. The Hall–Kier alpha value is -0.720. The maximum Gasteiger partial charge on any atom is 0.101 e. The van der Waals surface area contributed by atoms with E-state index < -0.39 is 0 Å². The molecule has 2 radical (unpaired) electrons. The van der Waals surface area contributed by atoms with Crippen molar-refractivity contribution < 1.29 is 4.74 Å². The Morgan fingerprint density at radius 2 is 2.33 bits per heavy atom. The summed E-state index contributed by atoms with van der Waals surface area (Å²) in [5.74, 6) is 0.171. The van der Waals surface area contributed by atoms with Crippen LogP contribution in [-0.2, 0) is 4.74 Å². The Labute approximate surface area is 37.9 Å². The van der Waals surface area contributed by atoms with Crippen molar-refractivity contribution in [2.75, 3.05) is 0 Å². The molecule has 0 rings (SSSR count). The SMILES string of the molecule is [CH]C(=C)OC=C. The van der Waals surface area contributed by atoms with Gasteiger partial charge in [0.05, 0.1) is 6.26 Å². The smallest absolute Gasteiger partial charge is 0.101 e. The summed E-state index contributed by atoms with van der Waals surface area (Å²) in [5, 5.41) is 0. The number of allylic oxidation sites excluding steroid dienone is 1. The molecular formula is C5H6O. The lowest BCUT2D eigenvalue weighted by Crippen LogP contribution is -1.69. The summed E-state index contributed by atoms with van der Waals surface area (Å²) < 4.78 is 4.39. The molecule has 0 aliphatic rings. The van der Waals surface area contributed by atoms with E-state index in [0.29, 0.717) is 0 Å². The molecule has 32 valence electrons. The standard InChI is InChI=1S/C5H6O/c1-4-6-5(2)3/h2,4H,1,3H2. The van der Waals surface area contributed by atoms with E-state index in [0.717, 1.165) is 0 Å². The van der Waals surface area contributed by atoms with E-state index in [4.69, 9.17) is 6.92 Å². The first kappa shape index (κ1) is 5.28. The first-order valence-corrected chi connectivity index (χ1v) is 1.49. The first-order valence-electron chi connectivity index (χ1n) is 1.49. The average Bonchev–Trinajstić information content (AvgIpc) is 1.35. The summed E-state index contributed by atoms with van der Waals surface area (Å²) in [7, 11) is 0. The lowest BCUT2D eigenvalue weighted by molar-refractivity contribution is 0.371. The summed E-state index contributed by atoms with van der Waals surface area (Å²) >= 11 is 0. The molecule has 0 aliphatic heterocycles. The number of hydrogen-bond donors (Lipinski definition) is 0. The largest absolute Gasteiger partial charge is 0.470 e. The monoisotopic (exact) mass is 82.0 g/mol. The summed E-state index contributed by atoms with van der Waals surface area (Å²) in [4.78, 5) is 0. The van der Waals surface area contributed by atoms with Gasteiger partial charge < -0.3 is 4.74 Å². The van der Waals surface area contributed by atoms with Crippen LogP contribution in [0.3, 0.4) is 0 Å². The highest BCUT2D eigenvalue weighted by atomic mass is 16.5. The van der Waals surface area contributed by atoms with Crippen molar-refractivity contribution in [3.05, 3.63) is 32.1 Å². The highest BCUT2D eigenvalue weighted by molar-refractivity contribution is 4.87. The second kappa shape index (κ2) is 2.51. The second-order valence-corrected chi connectivity index (χ2v) is 0.751. The summed E-state index contributed by atoms with van der Waals surface area (Å²) in [6.45, 7) is 11.4. The number of rotatable bonds is 2. The molecule has 0 saturated heterocycles. The van der Waals surface area contributed by atoms with Gasteiger partial charge in [-0.1, -0.05) is 13.2 Å². The van der Waals surface area contributed by atoms with Gasteiger partial charge in [-0.05, 0) is 0 Å². The minimum atomic E-state index is 0.171. The number of ether oxygens (including phenoxy) is 1. The van der Waals surface area contributed by atoms with E-state index in [2.05, 4.69) is 17.9 Å². The van der Waals surface area contributed by atoms with E-state index >= 15 is 0 Å². The molecule has 0 unspecified atom stereocenters. The van der Waals surface area contributed by atoms with Gasteiger partial charge in [0.1, 0.15) is 5.76 Å². The Morgan fingerprint density at radius 3 is 2.33 bits per heavy atom. The van der Waals surface area contributed by atoms with Crippen LogP contribution in [0.15, 0.2) is 25.2 Å². The molecule has 0 fully saturated rings. The van der Waals surface area contributed by atoms with Crippen molar-refractivity contribution in [3.8, 4) is 0 Å². The zero-order valence-corrected chi connectivity index (χ0v) is 3.48. The van der Waals surface area contributed by atoms with Gasteiger partial charge in [0, 0.05) is 6.92 Å². The minimum Gasteiger partial charge on any atom is -0.470 e. The Bertz CT molecular complexity index is 64.3. The minimum absolute atomic E-state index is 0.171. The third kappa shape index (κ3) is 3.28. The van der Waals surface area contributed by atoms with Crippen molar-refractivity contribution in [1.29, 1.82) is 0 Å². The van der Waals surface area contributed by atoms with Crippen LogP contribution in [-0.4, -0.2) is 0 Å². The quantitative estimate of drug-likeness (QED) is 0.457. The van der Waals surface area contributed by atoms with Gasteiger partial charge in [0.15, 0.2) is 0 Å². The number of hydrogen-bond acceptors (Lipinski definition) is 1. The Kier molecular flexibility index (Phi) is 2.21. The summed E-state index contributed by atoms with van der Waals surface area (Å²) in [6, 6.07) is 0. The van der Waals surface area contributed by atoms with E-state index in [-0.39, 0.29) is 5.76 Å². The first-order chi connectivity index (χ1) is 2.77. The van der Waals surface area contributed by atoms with Crippen LogP contribution in [0.1, 0.15) is 0 Å². The van der Waals surface area contributed by atoms with E-state index in [1.165, 1.54) is 6.26 Å². The molecule has 1 nitrogen and oxygen atoms in total. The second-order valence-electron chi connectivity index (χ2n) is 0.751. The van der Waals surface area contributed by atoms with Gasteiger partial charge in [-0.15, -0.1) is 0 Å². The van der Waals surface area contributed by atoms with Gasteiger partial charge in [-0.3, -0.25) is 0 Å². The molecule has 0 aromatic heterocycles. The van der Waals surface area contributed by atoms with Crippen LogP contribution < -0.4 is 0 Å². The molecule has 0 aliphatic carbocycles. The van der Waals surface area contributed by atoms with E-state index in [1.54, 1.807) is 0 Å². The van der Waals surface area contributed by atoms with Crippen LogP contribution in [0.4, 0.5) is 0 Å². The lowest BCUT2D eigenvalue weighted by Gasteiger charge is -1.89. The fraction of sp³-hybridized carbons (Fsp3) is 0. The van der Waals surface area contributed by atoms with Gasteiger partial charge >= 0.3 is 0 Å². The van der Waals surface area contributed by atoms with Crippen LogP contribution in [0.2, 0.25) is 0 Å².